The summed E-state index contributed by atoms with van der Waals surface area (Å²) in [6, 6.07) is 0.613. The molecule has 20 heavy (non-hydrogen) atoms. The summed E-state index contributed by atoms with van der Waals surface area (Å²) in [6.45, 7) is 3.16. The van der Waals surface area contributed by atoms with Crippen LogP contribution in [-0.4, -0.2) is 18.6 Å². The number of aryl methyl sites for hydroxylation is 1. The van der Waals surface area contributed by atoms with E-state index < -0.39 is 18.1 Å². The quantitative estimate of drug-likeness (QED) is 0.641. The summed E-state index contributed by atoms with van der Waals surface area (Å²) in [5.74, 6) is -4.87. The van der Waals surface area contributed by atoms with Crippen molar-refractivity contribution in [1.82, 2.24) is 5.32 Å². The second-order valence-corrected chi connectivity index (χ2v) is 5.94. The van der Waals surface area contributed by atoms with Gasteiger partial charge in [0.2, 0.25) is 0 Å². The monoisotopic (exact) mass is 423 g/mol. The molecule has 1 aromatic carbocycles. The molecule has 0 saturated carbocycles. The molecule has 0 radical (unpaired) electrons. The van der Waals surface area contributed by atoms with Crippen molar-refractivity contribution >= 4 is 31.9 Å². The number of halogens is 7. The molecule has 0 aromatic heterocycles. The van der Waals surface area contributed by atoms with E-state index in [1.54, 1.807) is 6.92 Å². The van der Waals surface area contributed by atoms with Crippen molar-refractivity contribution in [3.05, 3.63) is 32.2 Å². The number of hydrogen-bond donors (Lipinski definition) is 1. The molecule has 0 heterocycles. The SMILES string of the molecule is CCNC(c1cc(Br)c(C)cc1Br)C(F)(F)C(F)(F)F. The number of hydrogen-bond acceptors (Lipinski definition) is 1. The van der Waals surface area contributed by atoms with Crippen molar-refractivity contribution in [2.75, 3.05) is 6.54 Å². The Hall–Kier alpha value is -0.210. The van der Waals surface area contributed by atoms with Crippen molar-refractivity contribution in [2.24, 2.45) is 0 Å². The Kier molecular flexibility index (Phi) is 5.60. The van der Waals surface area contributed by atoms with Gasteiger partial charge in [-0.2, -0.15) is 22.0 Å². The van der Waals surface area contributed by atoms with Gasteiger partial charge in [-0.15, -0.1) is 0 Å². The van der Waals surface area contributed by atoms with Crippen LogP contribution < -0.4 is 5.32 Å². The van der Waals surface area contributed by atoms with Gasteiger partial charge in [0.1, 0.15) is 6.04 Å². The van der Waals surface area contributed by atoms with Gasteiger partial charge in [0, 0.05) is 8.95 Å². The highest BCUT2D eigenvalue weighted by atomic mass is 79.9. The van der Waals surface area contributed by atoms with Crippen LogP contribution in [0.25, 0.3) is 0 Å². The van der Waals surface area contributed by atoms with Crippen LogP contribution >= 0.6 is 31.9 Å². The fraction of sp³-hybridized carbons (Fsp3) is 0.500. The predicted octanol–water partition coefficient (Wildman–Crippen LogP) is 5.37. The smallest absolute Gasteiger partial charge is 0.305 e. The molecule has 0 amide bonds. The maximum absolute atomic E-state index is 13.7. The molecule has 1 nitrogen and oxygen atoms in total. The highest BCUT2D eigenvalue weighted by Gasteiger charge is 2.62. The Morgan fingerprint density at radius 2 is 1.65 bits per heavy atom. The van der Waals surface area contributed by atoms with Gasteiger partial charge < -0.3 is 5.32 Å². The normalized spacial score (nSPS) is 14.4. The van der Waals surface area contributed by atoms with Gasteiger partial charge in [-0.05, 0) is 36.7 Å². The van der Waals surface area contributed by atoms with E-state index in [-0.39, 0.29) is 16.6 Å². The van der Waals surface area contributed by atoms with Crippen LogP contribution in [0.1, 0.15) is 24.1 Å². The summed E-state index contributed by atoms with van der Waals surface area (Å²) < 4.78 is 65.7. The molecule has 0 fully saturated rings. The molecule has 0 aliphatic rings. The molecule has 1 rings (SSSR count). The summed E-state index contributed by atoms with van der Waals surface area (Å²) in [7, 11) is 0. The lowest BCUT2D eigenvalue weighted by Crippen LogP contribution is -2.48. The minimum atomic E-state index is -5.63. The highest BCUT2D eigenvalue weighted by molar-refractivity contribution is 9.11. The minimum Gasteiger partial charge on any atom is -0.305 e. The molecule has 0 saturated heterocycles. The third-order valence-corrected chi connectivity index (χ3v) is 4.28. The van der Waals surface area contributed by atoms with Crippen LogP contribution in [0.15, 0.2) is 21.1 Å². The zero-order valence-corrected chi connectivity index (χ0v) is 13.8. The van der Waals surface area contributed by atoms with E-state index in [4.69, 9.17) is 0 Å². The zero-order chi connectivity index (χ0) is 15.7. The average Bonchev–Trinajstić information content (AvgIpc) is 2.29. The molecule has 1 aromatic rings. The van der Waals surface area contributed by atoms with E-state index in [2.05, 4.69) is 37.2 Å². The maximum Gasteiger partial charge on any atom is 0.455 e. The van der Waals surface area contributed by atoms with Gasteiger partial charge in [-0.3, -0.25) is 0 Å². The summed E-state index contributed by atoms with van der Waals surface area (Å²) in [5, 5.41) is 2.21. The Labute approximate surface area is 130 Å². The third kappa shape index (κ3) is 3.51. The van der Waals surface area contributed by atoms with E-state index in [0.717, 1.165) is 5.56 Å². The third-order valence-electron chi connectivity index (χ3n) is 2.74. The number of rotatable bonds is 4. The fourth-order valence-electron chi connectivity index (χ4n) is 1.68. The van der Waals surface area contributed by atoms with Crippen LogP contribution in [0, 0.1) is 6.92 Å². The van der Waals surface area contributed by atoms with Crippen molar-refractivity contribution < 1.29 is 22.0 Å². The Morgan fingerprint density at radius 3 is 2.10 bits per heavy atom. The molecule has 1 N–H and O–H groups in total. The molecule has 8 heteroatoms. The summed E-state index contributed by atoms with van der Waals surface area (Å²) in [6.07, 6.45) is -5.63. The molecule has 114 valence electrons. The molecule has 0 aliphatic carbocycles. The van der Waals surface area contributed by atoms with Crippen LogP contribution in [0.5, 0.6) is 0 Å². The number of alkyl halides is 5. The van der Waals surface area contributed by atoms with E-state index in [9.17, 15) is 22.0 Å². The maximum atomic E-state index is 13.7. The Morgan fingerprint density at radius 1 is 1.10 bits per heavy atom. The summed E-state index contributed by atoms with van der Waals surface area (Å²) in [4.78, 5) is 0. The molecular formula is C12H12Br2F5N. The fourth-order valence-corrected chi connectivity index (χ4v) is 2.73. The lowest BCUT2D eigenvalue weighted by molar-refractivity contribution is -0.294. The summed E-state index contributed by atoms with van der Waals surface area (Å²) in [5.41, 5.74) is 0.581. The van der Waals surface area contributed by atoms with Crippen molar-refractivity contribution in [3.8, 4) is 0 Å². The first-order chi connectivity index (χ1) is 9.02. The van der Waals surface area contributed by atoms with Gasteiger partial charge in [0.15, 0.2) is 0 Å². The number of benzene rings is 1. The summed E-state index contributed by atoms with van der Waals surface area (Å²) >= 11 is 6.19. The van der Waals surface area contributed by atoms with Crippen molar-refractivity contribution in [1.29, 1.82) is 0 Å². The number of nitrogens with one attached hydrogen (secondary N) is 1. The molecule has 0 bridgehead atoms. The lowest BCUT2D eigenvalue weighted by atomic mass is 9.99. The Balaban J connectivity index is 3.39. The average molecular weight is 425 g/mol. The van der Waals surface area contributed by atoms with Gasteiger partial charge >= 0.3 is 12.1 Å². The highest BCUT2D eigenvalue weighted by Crippen LogP contribution is 2.46. The first-order valence-corrected chi connectivity index (χ1v) is 7.24. The second-order valence-electron chi connectivity index (χ2n) is 4.23. The topological polar surface area (TPSA) is 12.0 Å². The van der Waals surface area contributed by atoms with Gasteiger partial charge in [0.25, 0.3) is 0 Å². The standard InChI is InChI=1S/C12H12Br2F5N/c1-3-20-10(11(15,16)12(17,18)19)7-5-8(13)6(2)4-9(7)14/h4-5,10,20H,3H2,1-2H3. The molecule has 1 atom stereocenters. The molecule has 0 aliphatic heterocycles. The lowest BCUT2D eigenvalue weighted by Gasteiger charge is -2.30. The minimum absolute atomic E-state index is 0.0196. The molecule has 0 spiro atoms. The van der Waals surface area contributed by atoms with E-state index in [0.29, 0.717) is 4.47 Å². The zero-order valence-electron chi connectivity index (χ0n) is 10.6. The van der Waals surface area contributed by atoms with E-state index >= 15 is 0 Å². The van der Waals surface area contributed by atoms with Crippen molar-refractivity contribution in [3.63, 3.8) is 0 Å². The van der Waals surface area contributed by atoms with Crippen LogP contribution in [0.4, 0.5) is 22.0 Å². The van der Waals surface area contributed by atoms with Gasteiger partial charge in [-0.25, -0.2) is 0 Å². The predicted molar refractivity (Wildman–Crippen MR) is 74.0 cm³/mol. The van der Waals surface area contributed by atoms with Crippen LogP contribution in [-0.2, 0) is 0 Å². The molecule has 1 unspecified atom stereocenters. The van der Waals surface area contributed by atoms with E-state index in [1.165, 1.54) is 19.1 Å². The van der Waals surface area contributed by atoms with Gasteiger partial charge in [-0.1, -0.05) is 38.8 Å². The first kappa shape index (κ1) is 17.8. The largest absolute Gasteiger partial charge is 0.455 e. The van der Waals surface area contributed by atoms with Crippen LogP contribution in [0.2, 0.25) is 0 Å². The van der Waals surface area contributed by atoms with Crippen molar-refractivity contribution in [2.45, 2.75) is 32.0 Å². The Bertz CT molecular complexity index is 487. The van der Waals surface area contributed by atoms with Crippen LogP contribution in [0.3, 0.4) is 0 Å². The second kappa shape index (κ2) is 6.27. The first-order valence-electron chi connectivity index (χ1n) is 5.65. The van der Waals surface area contributed by atoms with Gasteiger partial charge in [0.05, 0.1) is 0 Å². The molecular weight excluding hydrogens is 413 g/mol. The van der Waals surface area contributed by atoms with E-state index in [1.807, 2.05) is 0 Å².